The number of hydrogen-bond donors (Lipinski definition) is 0. The highest BCUT2D eigenvalue weighted by molar-refractivity contribution is 5.77. The summed E-state index contributed by atoms with van der Waals surface area (Å²) >= 11 is 0. The maximum absolute atomic E-state index is 11.7. The minimum absolute atomic E-state index is 0.0546. The molecular weight excluding hydrogens is 258 g/mol. The van der Waals surface area contributed by atoms with Gasteiger partial charge in [-0.25, -0.2) is 0 Å². The SMILES string of the molecule is CCOC(=O)CN(Cc1ccccc1)C(C)C(=O)OC. The first-order valence-electron chi connectivity index (χ1n) is 6.59. The van der Waals surface area contributed by atoms with Crippen molar-refractivity contribution >= 4 is 11.9 Å². The number of methoxy groups -OCH3 is 1. The monoisotopic (exact) mass is 279 g/mol. The zero-order valence-corrected chi connectivity index (χ0v) is 12.2. The molecule has 5 nitrogen and oxygen atoms in total. The number of nitrogens with zero attached hydrogens (tertiary/aromatic N) is 1. The normalized spacial score (nSPS) is 12.0. The smallest absolute Gasteiger partial charge is 0.322 e. The van der Waals surface area contributed by atoms with Gasteiger partial charge in [0, 0.05) is 6.54 Å². The van der Waals surface area contributed by atoms with Gasteiger partial charge >= 0.3 is 11.9 Å². The maximum atomic E-state index is 11.7. The van der Waals surface area contributed by atoms with Crippen LogP contribution in [0.15, 0.2) is 30.3 Å². The molecule has 0 bridgehead atoms. The van der Waals surface area contributed by atoms with Gasteiger partial charge in [-0.1, -0.05) is 30.3 Å². The van der Waals surface area contributed by atoms with Crippen molar-refractivity contribution in [2.24, 2.45) is 0 Å². The van der Waals surface area contributed by atoms with Crippen LogP contribution in [0.2, 0.25) is 0 Å². The number of esters is 2. The largest absolute Gasteiger partial charge is 0.468 e. The first-order chi connectivity index (χ1) is 9.58. The lowest BCUT2D eigenvalue weighted by atomic mass is 10.2. The second-order valence-corrected chi connectivity index (χ2v) is 4.39. The summed E-state index contributed by atoms with van der Waals surface area (Å²) in [4.78, 5) is 25.0. The third-order valence-corrected chi connectivity index (χ3v) is 2.96. The first kappa shape index (κ1) is 16.2. The van der Waals surface area contributed by atoms with Crippen LogP contribution in [-0.2, 0) is 25.6 Å². The van der Waals surface area contributed by atoms with Gasteiger partial charge in [0.05, 0.1) is 20.3 Å². The molecule has 5 heteroatoms. The van der Waals surface area contributed by atoms with Crippen LogP contribution in [0.3, 0.4) is 0 Å². The molecule has 110 valence electrons. The summed E-state index contributed by atoms with van der Waals surface area (Å²) in [6.07, 6.45) is 0. The standard InChI is InChI=1S/C15H21NO4/c1-4-20-14(17)11-16(12(2)15(18)19-3)10-13-8-6-5-7-9-13/h5-9,12H,4,10-11H2,1-3H3. The molecule has 0 N–H and O–H groups in total. The van der Waals surface area contributed by atoms with Crippen molar-refractivity contribution in [1.29, 1.82) is 0 Å². The lowest BCUT2D eigenvalue weighted by Gasteiger charge is -2.26. The van der Waals surface area contributed by atoms with Crippen molar-refractivity contribution in [3.63, 3.8) is 0 Å². The third kappa shape index (κ3) is 5.01. The van der Waals surface area contributed by atoms with Crippen LogP contribution < -0.4 is 0 Å². The Morgan fingerprint density at radius 1 is 1.25 bits per heavy atom. The first-order valence-corrected chi connectivity index (χ1v) is 6.59. The van der Waals surface area contributed by atoms with E-state index in [1.165, 1.54) is 7.11 Å². The molecule has 0 aliphatic heterocycles. The van der Waals surface area contributed by atoms with Crippen LogP contribution in [0.25, 0.3) is 0 Å². The summed E-state index contributed by atoms with van der Waals surface area (Å²) in [5.41, 5.74) is 1.02. The Balaban J connectivity index is 2.78. The van der Waals surface area contributed by atoms with Crippen molar-refractivity contribution < 1.29 is 19.1 Å². The summed E-state index contributed by atoms with van der Waals surface area (Å²) in [7, 11) is 1.34. The van der Waals surface area contributed by atoms with Gasteiger partial charge < -0.3 is 9.47 Å². The molecule has 0 radical (unpaired) electrons. The Hall–Kier alpha value is -1.88. The molecule has 0 spiro atoms. The highest BCUT2D eigenvalue weighted by Crippen LogP contribution is 2.09. The molecule has 0 aliphatic carbocycles. The van der Waals surface area contributed by atoms with Gasteiger partial charge in [-0.2, -0.15) is 0 Å². The molecule has 0 aromatic heterocycles. The lowest BCUT2D eigenvalue weighted by molar-refractivity contribution is -0.150. The number of hydrogen-bond acceptors (Lipinski definition) is 5. The molecule has 1 unspecified atom stereocenters. The number of ether oxygens (including phenoxy) is 2. The molecule has 0 amide bonds. The summed E-state index contributed by atoms with van der Waals surface area (Å²) in [5, 5.41) is 0. The van der Waals surface area contributed by atoms with Crippen LogP contribution in [-0.4, -0.2) is 43.1 Å². The Bertz CT molecular complexity index is 433. The van der Waals surface area contributed by atoms with E-state index in [1.807, 2.05) is 30.3 Å². The number of carbonyl (C=O) groups excluding carboxylic acids is 2. The maximum Gasteiger partial charge on any atom is 0.322 e. The fourth-order valence-corrected chi connectivity index (χ4v) is 1.84. The third-order valence-electron chi connectivity index (χ3n) is 2.96. The average molecular weight is 279 g/mol. The van der Waals surface area contributed by atoms with Gasteiger partial charge in [-0.15, -0.1) is 0 Å². The van der Waals surface area contributed by atoms with E-state index in [9.17, 15) is 9.59 Å². The fraction of sp³-hybridized carbons (Fsp3) is 0.467. The number of benzene rings is 1. The van der Waals surface area contributed by atoms with E-state index in [1.54, 1.807) is 18.7 Å². The summed E-state index contributed by atoms with van der Waals surface area (Å²) in [6.45, 7) is 4.33. The fourth-order valence-electron chi connectivity index (χ4n) is 1.84. The topological polar surface area (TPSA) is 55.8 Å². The van der Waals surface area contributed by atoms with E-state index < -0.39 is 6.04 Å². The molecule has 1 atom stereocenters. The predicted molar refractivity (Wildman–Crippen MR) is 75.0 cm³/mol. The minimum Gasteiger partial charge on any atom is -0.468 e. The number of rotatable bonds is 7. The summed E-state index contributed by atoms with van der Waals surface area (Å²) in [6, 6.07) is 9.14. The molecule has 0 aliphatic rings. The van der Waals surface area contributed by atoms with E-state index in [2.05, 4.69) is 0 Å². The van der Waals surface area contributed by atoms with Crippen LogP contribution in [0.4, 0.5) is 0 Å². The van der Waals surface area contributed by atoms with E-state index in [4.69, 9.17) is 9.47 Å². The van der Waals surface area contributed by atoms with Crippen LogP contribution >= 0.6 is 0 Å². The van der Waals surface area contributed by atoms with E-state index >= 15 is 0 Å². The predicted octanol–water partition coefficient (Wildman–Crippen LogP) is 1.61. The van der Waals surface area contributed by atoms with Gasteiger partial charge in [0.2, 0.25) is 0 Å². The lowest BCUT2D eigenvalue weighted by Crippen LogP contribution is -2.42. The molecule has 0 fully saturated rings. The highest BCUT2D eigenvalue weighted by Gasteiger charge is 2.24. The van der Waals surface area contributed by atoms with Gasteiger partial charge in [0.15, 0.2) is 0 Å². The van der Waals surface area contributed by atoms with Crippen LogP contribution in [0.1, 0.15) is 19.4 Å². The van der Waals surface area contributed by atoms with Gasteiger partial charge in [0.1, 0.15) is 6.04 Å². The van der Waals surface area contributed by atoms with Crippen molar-refractivity contribution in [3.8, 4) is 0 Å². The molecule has 0 heterocycles. The van der Waals surface area contributed by atoms with Crippen molar-refractivity contribution in [1.82, 2.24) is 4.90 Å². The highest BCUT2D eigenvalue weighted by atomic mass is 16.5. The Morgan fingerprint density at radius 3 is 2.45 bits per heavy atom. The summed E-state index contributed by atoms with van der Waals surface area (Å²) in [5.74, 6) is -0.718. The van der Waals surface area contributed by atoms with Crippen molar-refractivity contribution in [2.45, 2.75) is 26.4 Å². The minimum atomic E-state index is -0.510. The van der Waals surface area contributed by atoms with Crippen molar-refractivity contribution in [3.05, 3.63) is 35.9 Å². The Labute approximate surface area is 119 Å². The van der Waals surface area contributed by atoms with E-state index in [0.717, 1.165) is 5.56 Å². The van der Waals surface area contributed by atoms with E-state index in [0.29, 0.717) is 13.2 Å². The van der Waals surface area contributed by atoms with Crippen molar-refractivity contribution in [2.75, 3.05) is 20.3 Å². The molecule has 0 saturated heterocycles. The van der Waals surface area contributed by atoms with Crippen LogP contribution in [0, 0.1) is 0 Å². The Kier molecular flexibility index (Phi) is 6.73. The Morgan fingerprint density at radius 2 is 1.90 bits per heavy atom. The van der Waals surface area contributed by atoms with Crippen LogP contribution in [0.5, 0.6) is 0 Å². The molecule has 1 rings (SSSR count). The zero-order chi connectivity index (χ0) is 15.0. The quantitative estimate of drug-likeness (QED) is 0.710. The van der Waals surface area contributed by atoms with Gasteiger partial charge in [-0.05, 0) is 19.4 Å². The number of carbonyl (C=O) groups is 2. The van der Waals surface area contributed by atoms with Gasteiger partial charge in [-0.3, -0.25) is 14.5 Å². The average Bonchev–Trinajstić information content (AvgIpc) is 2.46. The zero-order valence-electron chi connectivity index (χ0n) is 12.2. The molecule has 1 aromatic rings. The molecular formula is C15H21NO4. The second kappa shape index (κ2) is 8.32. The van der Waals surface area contributed by atoms with Gasteiger partial charge in [0.25, 0.3) is 0 Å². The molecule has 1 aromatic carbocycles. The second-order valence-electron chi connectivity index (χ2n) is 4.39. The summed E-state index contributed by atoms with van der Waals surface area (Å²) < 4.78 is 9.68. The van der Waals surface area contributed by atoms with E-state index in [-0.39, 0.29) is 18.5 Å². The molecule has 0 saturated carbocycles. The molecule has 20 heavy (non-hydrogen) atoms.